The molecule has 2 aromatic carbocycles. The van der Waals surface area contributed by atoms with Crippen molar-refractivity contribution in [3.63, 3.8) is 0 Å². The molecule has 2 heterocycles. The summed E-state index contributed by atoms with van der Waals surface area (Å²) in [4.78, 5) is 34.1. The van der Waals surface area contributed by atoms with Crippen LogP contribution < -0.4 is 0 Å². The fraction of sp³-hybridized carbons (Fsp3) is 0.212. The number of carbonyl (C=O) groups is 2. The number of aliphatic hydroxyl groups excluding tert-OH is 2. The lowest BCUT2D eigenvalue weighted by atomic mass is 9.80. The second-order valence-electron chi connectivity index (χ2n) is 11.0. The third-order valence-electron chi connectivity index (χ3n) is 7.52. The van der Waals surface area contributed by atoms with Crippen LogP contribution in [0.15, 0.2) is 78.4 Å². The van der Waals surface area contributed by atoms with Crippen LogP contribution in [0.1, 0.15) is 55.6 Å². The summed E-state index contributed by atoms with van der Waals surface area (Å²) < 4.78 is 0. The molecule has 0 bridgehead atoms. The summed E-state index contributed by atoms with van der Waals surface area (Å²) in [6.07, 6.45) is 6.13. The number of nitrogens with one attached hydrogen (secondary N) is 2. The van der Waals surface area contributed by atoms with Gasteiger partial charge in [0.15, 0.2) is 11.5 Å². The van der Waals surface area contributed by atoms with Gasteiger partial charge in [0.25, 0.3) is 0 Å². The predicted molar refractivity (Wildman–Crippen MR) is 157 cm³/mol. The molecule has 0 unspecified atom stereocenters. The van der Waals surface area contributed by atoms with Gasteiger partial charge in [0, 0.05) is 50.2 Å². The van der Waals surface area contributed by atoms with Gasteiger partial charge in [0.1, 0.15) is 0 Å². The molecule has 0 spiro atoms. The molecule has 0 saturated carbocycles. The molecule has 4 aromatic rings. The zero-order chi connectivity index (χ0) is 28.2. The van der Waals surface area contributed by atoms with Gasteiger partial charge in [-0.05, 0) is 44.4 Å². The van der Waals surface area contributed by atoms with E-state index in [1.54, 1.807) is 12.3 Å². The molecule has 198 valence electrons. The predicted octanol–water partition coefficient (Wildman–Crippen LogP) is 7.32. The summed E-state index contributed by atoms with van der Waals surface area (Å²) >= 11 is 0. The number of allylic oxidation sites excluding steroid dienone is 5. The number of H-pyrrole nitrogens is 2. The number of para-hydroxylation sites is 1. The number of rotatable bonds is 6. The molecule has 0 atom stereocenters. The minimum Gasteiger partial charge on any atom is -0.504 e. The van der Waals surface area contributed by atoms with E-state index < -0.39 is 28.5 Å². The topological polar surface area (TPSA) is 106 Å². The molecule has 4 N–H and O–H groups in total. The molecule has 0 fully saturated rings. The van der Waals surface area contributed by atoms with Crippen molar-refractivity contribution in [3.05, 3.63) is 106 Å². The van der Waals surface area contributed by atoms with Crippen molar-refractivity contribution in [2.45, 2.75) is 46.5 Å². The van der Waals surface area contributed by atoms with Gasteiger partial charge in [-0.1, -0.05) is 61.9 Å². The van der Waals surface area contributed by atoms with Crippen LogP contribution in [0.5, 0.6) is 0 Å². The lowest BCUT2D eigenvalue weighted by Gasteiger charge is -2.24. The summed E-state index contributed by atoms with van der Waals surface area (Å²) in [5.41, 5.74) is 5.08. The highest BCUT2D eigenvalue weighted by Gasteiger charge is 2.40. The van der Waals surface area contributed by atoms with Crippen molar-refractivity contribution in [2.24, 2.45) is 0 Å². The second-order valence-corrected chi connectivity index (χ2v) is 11.0. The van der Waals surface area contributed by atoms with E-state index in [-0.39, 0.29) is 11.1 Å². The number of fused-ring (bicyclic) bond motifs is 2. The van der Waals surface area contributed by atoms with Gasteiger partial charge >= 0.3 is 0 Å². The van der Waals surface area contributed by atoms with Gasteiger partial charge < -0.3 is 20.2 Å². The van der Waals surface area contributed by atoms with E-state index in [1.807, 2.05) is 71.0 Å². The van der Waals surface area contributed by atoms with E-state index in [9.17, 15) is 19.8 Å². The monoisotopic (exact) mass is 520 g/mol. The first-order valence-corrected chi connectivity index (χ1v) is 12.9. The normalized spacial score (nSPS) is 14.6. The number of aromatic nitrogens is 2. The minimum absolute atomic E-state index is 0.216. The van der Waals surface area contributed by atoms with E-state index in [1.165, 1.54) is 5.57 Å². The van der Waals surface area contributed by atoms with Crippen LogP contribution in [0.4, 0.5) is 0 Å². The Morgan fingerprint density at radius 1 is 1.00 bits per heavy atom. The van der Waals surface area contributed by atoms with Crippen molar-refractivity contribution in [1.29, 1.82) is 0 Å². The van der Waals surface area contributed by atoms with Crippen molar-refractivity contribution < 1.29 is 19.8 Å². The van der Waals surface area contributed by atoms with Gasteiger partial charge in [-0.2, -0.15) is 0 Å². The average Bonchev–Trinajstić information content (AvgIpc) is 3.49. The summed E-state index contributed by atoms with van der Waals surface area (Å²) in [6.45, 7) is 13.8. The van der Waals surface area contributed by atoms with E-state index in [0.717, 1.165) is 22.2 Å². The van der Waals surface area contributed by atoms with Crippen LogP contribution in [-0.2, 0) is 21.4 Å². The maximum atomic E-state index is 13.8. The Bertz CT molecular complexity index is 1800. The number of aliphatic hydroxyl groups is 2. The molecule has 6 heteroatoms. The number of aryl methyl sites for hydroxylation is 1. The maximum absolute atomic E-state index is 13.8. The van der Waals surface area contributed by atoms with Crippen molar-refractivity contribution in [1.82, 2.24) is 9.97 Å². The molecule has 1 aliphatic carbocycles. The molecule has 6 nitrogen and oxygen atoms in total. The quantitative estimate of drug-likeness (QED) is 0.158. The first kappa shape index (κ1) is 26.0. The highest BCUT2D eigenvalue weighted by molar-refractivity contribution is 6.48. The van der Waals surface area contributed by atoms with Crippen LogP contribution in [0.3, 0.4) is 0 Å². The largest absolute Gasteiger partial charge is 0.504 e. The Kier molecular flexibility index (Phi) is 6.22. The average molecular weight is 521 g/mol. The highest BCUT2D eigenvalue weighted by atomic mass is 16.3. The molecular weight excluding hydrogens is 488 g/mol. The zero-order valence-corrected chi connectivity index (χ0v) is 22.8. The molecule has 0 aliphatic heterocycles. The van der Waals surface area contributed by atoms with E-state index in [2.05, 4.69) is 22.6 Å². The fourth-order valence-corrected chi connectivity index (χ4v) is 5.23. The lowest BCUT2D eigenvalue weighted by Crippen LogP contribution is -2.25. The molecule has 0 amide bonds. The Morgan fingerprint density at radius 3 is 2.38 bits per heavy atom. The number of hydrogen-bond donors (Lipinski definition) is 4. The number of Topliss-reactive ketones (excluding diaryl/α,β-unsaturated/α-hetero) is 2. The first-order valence-electron chi connectivity index (χ1n) is 12.9. The Balaban J connectivity index is 1.70. The van der Waals surface area contributed by atoms with Crippen LogP contribution in [-0.4, -0.2) is 31.7 Å². The third kappa shape index (κ3) is 4.13. The fourth-order valence-electron chi connectivity index (χ4n) is 5.23. The van der Waals surface area contributed by atoms with E-state index in [4.69, 9.17) is 0 Å². The third-order valence-corrected chi connectivity index (χ3v) is 7.52. The van der Waals surface area contributed by atoms with Gasteiger partial charge in [0.05, 0.1) is 11.1 Å². The molecule has 0 saturated heterocycles. The standard InChI is InChI=1S/C33H32N2O4/c1-7-33(5,6)32-24(21-14-12-18(4)15-23(21)35-32)26-30(38)28(36)25(29(37)31(26)39)22-16-34-27-19(13-11-17(2)3)9-8-10-20(22)27/h7-12,14-16,34-36,39H,1,13H2,2-6H3. The van der Waals surface area contributed by atoms with E-state index >= 15 is 0 Å². The van der Waals surface area contributed by atoms with Crippen molar-refractivity contribution >= 4 is 44.5 Å². The summed E-state index contributed by atoms with van der Waals surface area (Å²) in [7, 11) is 0. The highest BCUT2D eigenvalue weighted by Crippen LogP contribution is 2.43. The van der Waals surface area contributed by atoms with Gasteiger partial charge in [-0.3, -0.25) is 9.59 Å². The number of hydrogen-bond acceptors (Lipinski definition) is 4. The minimum atomic E-state index is -0.806. The zero-order valence-electron chi connectivity index (χ0n) is 22.8. The molecule has 1 aliphatic rings. The van der Waals surface area contributed by atoms with Gasteiger partial charge in [-0.15, -0.1) is 6.58 Å². The van der Waals surface area contributed by atoms with Gasteiger partial charge in [-0.25, -0.2) is 0 Å². The summed E-state index contributed by atoms with van der Waals surface area (Å²) in [6, 6.07) is 11.4. The molecule has 5 rings (SSSR count). The van der Waals surface area contributed by atoms with Crippen LogP contribution in [0.2, 0.25) is 0 Å². The van der Waals surface area contributed by atoms with Gasteiger partial charge in [0.2, 0.25) is 11.6 Å². The van der Waals surface area contributed by atoms with Crippen LogP contribution in [0, 0.1) is 6.92 Å². The number of carbonyl (C=O) groups excluding carboxylic acids is 2. The van der Waals surface area contributed by atoms with E-state index in [0.29, 0.717) is 34.0 Å². The Morgan fingerprint density at radius 2 is 1.69 bits per heavy atom. The number of benzene rings is 2. The lowest BCUT2D eigenvalue weighted by molar-refractivity contribution is -0.116. The molecule has 39 heavy (non-hydrogen) atoms. The summed E-state index contributed by atoms with van der Waals surface area (Å²) in [5, 5.41) is 23.9. The SMILES string of the molecule is C=CC(C)(C)c1[nH]c2cc(C)ccc2c1C1=C(O)C(=O)C(c2c[nH]c3c(CC=C(C)C)cccc23)=C(O)C1=O. The molecular formula is C33H32N2O4. The number of ketones is 2. The number of aromatic amines is 2. The smallest absolute Gasteiger partial charge is 0.232 e. The van der Waals surface area contributed by atoms with Crippen LogP contribution in [0.25, 0.3) is 33.0 Å². The Hall–Kier alpha value is -4.58. The molecule has 0 radical (unpaired) electrons. The second kappa shape index (κ2) is 9.31. The van der Waals surface area contributed by atoms with Crippen molar-refractivity contribution in [3.8, 4) is 0 Å². The summed E-state index contributed by atoms with van der Waals surface area (Å²) in [5.74, 6) is -2.99. The van der Waals surface area contributed by atoms with Crippen molar-refractivity contribution in [2.75, 3.05) is 0 Å². The Labute approximate surface area is 227 Å². The molecule has 2 aromatic heterocycles. The first-order chi connectivity index (χ1) is 18.5. The van der Waals surface area contributed by atoms with Crippen LogP contribution >= 0.6 is 0 Å². The maximum Gasteiger partial charge on any atom is 0.232 e.